The van der Waals surface area contributed by atoms with Gasteiger partial charge in [0, 0.05) is 17.7 Å². The Balaban J connectivity index is 0.00000186. The van der Waals surface area contributed by atoms with Gasteiger partial charge in [-0.05, 0) is 31.2 Å². The summed E-state index contributed by atoms with van der Waals surface area (Å²) in [5.74, 6) is -1.70. The number of carboxylic acid groups (broad SMARTS) is 1. The molecular weight excluding hydrogens is 536 g/mol. The summed E-state index contributed by atoms with van der Waals surface area (Å²) in [6, 6.07) is 13.3. The van der Waals surface area contributed by atoms with Crippen LogP contribution < -0.4 is 0 Å². The second kappa shape index (κ2) is 12.0. The number of aliphatic hydroxyl groups is 1. The number of allylic oxidation sites excluding steroid dienone is 1. The van der Waals surface area contributed by atoms with Gasteiger partial charge < -0.3 is 24.4 Å². The molecule has 37 heavy (non-hydrogen) atoms. The van der Waals surface area contributed by atoms with Crippen LogP contribution >= 0.6 is 20.8 Å². The maximum atomic E-state index is 13.7. The minimum Gasteiger partial charge on any atom is -0.479 e. The van der Waals surface area contributed by atoms with Crippen molar-refractivity contribution < 1.29 is 42.4 Å². The topological polar surface area (TPSA) is 103 Å². The van der Waals surface area contributed by atoms with E-state index in [4.69, 9.17) is 30.9 Å². The molecule has 0 radical (unpaired) electrons. The lowest BCUT2D eigenvalue weighted by molar-refractivity contribution is -0.148. The molecule has 2 N–H and O–H groups in total. The Labute approximate surface area is 217 Å². The van der Waals surface area contributed by atoms with Crippen LogP contribution in [-0.2, 0) is 20.4 Å². The number of aliphatic hydroxyl groups excluding tert-OH is 1. The van der Waals surface area contributed by atoms with Crippen LogP contribution in [0.4, 0.5) is 13.2 Å². The van der Waals surface area contributed by atoms with Gasteiger partial charge in [0.05, 0.1) is 16.9 Å². The lowest BCUT2D eigenvalue weighted by Gasteiger charge is -2.29. The Hall–Kier alpha value is -3.11. The fraction of sp³-hybridized carbons (Fsp3) is 0.250. The van der Waals surface area contributed by atoms with Gasteiger partial charge in [-0.3, -0.25) is 0 Å². The Bertz CT molecular complexity index is 1280. The molecule has 2 aromatic carbocycles. The molecule has 0 amide bonds. The van der Waals surface area contributed by atoms with Crippen LogP contribution in [0, 0.1) is 0 Å². The normalized spacial score (nSPS) is 16.4. The van der Waals surface area contributed by atoms with Crippen molar-refractivity contribution in [3.63, 3.8) is 0 Å². The lowest BCUT2D eigenvalue weighted by atomic mass is 10.1. The van der Waals surface area contributed by atoms with E-state index in [1.165, 1.54) is 0 Å². The SMILES string of the molecule is CC1=C(OC(P)c2cc(C(=O)O)nn2-c2cc(Cl)ccc2C(F)(F)F)COC(c2ccccc2)O1.CO. The molecule has 1 aromatic heterocycles. The number of aromatic nitrogens is 2. The number of benzene rings is 2. The summed E-state index contributed by atoms with van der Waals surface area (Å²) in [4.78, 5) is 11.6. The molecule has 0 bridgehead atoms. The maximum Gasteiger partial charge on any atom is 0.418 e. The molecule has 198 valence electrons. The van der Waals surface area contributed by atoms with E-state index in [9.17, 15) is 23.1 Å². The number of halogens is 4. The standard InChI is InChI=1S/C23H19ClF3N2O5P.CH4O/c1-12-19(11-32-21(33-12)13-5-3-2-4-6-13)34-22(35)18-10-16(20(30)31)28-29(18)17-9-14(24)7-8-15(17)23(25,26)27;1-2/h2-10,21-22H,11,35H2,1H3,(H,30,31);2H,1H3. The van der Waals surface area contributed by atoms with Crippen molar-refractivity contribution in [3.05, 3.63) is 93.7 Å². The molecule has 8 nitrogen and oxygen atoms in total. The van der Waals surface area contributed by atoms with Crippen LogP contribution in [0.1, 0.15) is 46.4 Å². The zero-order valence-corrected chi connectivity index (χ0v) is 21.5. The van der Waals surface area contributed by atoms with Gasteiger partial charge in [0.15, 0.2) is 17.3 Å². The van der Waals surface area contributed by atoms with E-state index in [1.54, 1.807) is 6.92 Å². The number of carbonyl (C=O) groups is 1. The van der Waals surface area contributed by atoms with E-state index in [-0.39, 0.29) is 17.3 Å². The zero-order valence-electron chi connectivity index (χ0n) is 19.6. The van der Waals surface area contributed by atoms with E-state index in [0.29, 0.717) is 11.5 Å². The molecule has 0 aliphatic carbocycles. The lowest BCUT2D eigenvalue weighted by Crippen LogP contribution is -2.20. The second-order valence-electron chi connectivity index (χ2n) is 7.52. The predicted octanol–water partition coefficient (Wildman–Crippen LogP) is 5.72. The van der Waals surface area contributed by atoms with Crippen molar-refractivity contribution >= 4 is 26.8 Å². The molecule has 4 rings (SSSR count). The van der Waals surface area contributed by atoms with Gasteiger partial charge in [0.2, 0.25) is 6.29 Å². The van der Waals surface area contributed by atoms with Crippen molar-refractivity contribution in [2.45, 2.75) is 25.2 Å². The highest BCUT2D eigenvalue weighted by molar-refractivity contribution is 7.16. The highest BCUT2D eigenvalue weighted by Gasteiger charge is 2.36. The molecule has 0 fully saturated rings. The van der Waals surface area contributed by atoms with E-state index in [1.807, 2.05) is 30.3 Å². The quantitative estimate of drug-likeness (QED) is 0.373. The van der Waals surface area contributed by atoms with Crippen molar-refractivity contribution in [1.29, 1.82) is 0 Å². The Morgan fingerprint density at radius 3 is 2.49 bits per heavy atom. The second-order valence-corrected chi connectivity index (χ2v) is 8.56. The molecular formula is C24H23ClF3N2O6P. The first-order valence-electron chi connectivity index (χ1n) is 10.6. The molecule has 1 aliphatic rings. The van der Waals surface area contributed by atoms with Gasteiger partial charge in [-0.25, -0.2) is 9.48 Å². The summed E-state index contributed by atoms with van der Waals surface area (Å²) in [6.07, 6.45) is -5.38. The molecule has 1 aliphatic heterocycles. The van der Waals surface area contributed by atoms with Gasteiger partial charge in [-0.2, -0.15) is 18.3 Å². The molecule has 2 heterocycles. The van der Waals surface area contributed by atoms with Crippen molar-refractivity contribution in [3.8, 4) is 5.69 Å². The number of aromatic carboxylic acids is 1. The highest BCUT2D eigenvalue weighted by atomic mass is 35.5. The number of hydrogen-bond acceptors (Lipinski definition) is 6. The van der Waals surface area contributed by atoms with Gasteiger partial charge in [-0.15, -0.1) is 0 Å². The first-order valence-corrected chi connectivity index (χ1v) is 11.7. The summed E-state index contributed by atoms with van der Waals surface area (Å²) in [7, 11) is 3.32. The average molecular weight is 559 g/mol. The monoisotopic (exact) mass is 558 g/mol. The molecule has 13 heteroatoms. The Kier molecular flexibility index (Phi) is 9.20. The molecule has 3 atom stereocenters. The Morgan fingerprint density at radius 1 is 1.22 bits per heavy atom. The fourth-order valence-electron chi connectivity index (χ4n) is 3.43. The number of alkyl halides is 3. The third kappa shape index (κ3) is 6.61. The largest absolute Gasteiger partial charge is 0.479 e. The van der Waals surface area contributed by atoms with Crippen LogP contribution in [-0.4, -0.2) is 39.7 Å². The number of rotatable bonds is 6. The van der Waals surface area contributed by atoms with Crippen LogP contribution in [0.2, 0.25) is 5.02 Å². The van der Waals surface area contributed by atoms with Gasteiger partial charge >= 0.3 is 12.1 Å². The molecule has 3 unspecified atom stereocenters. The number of carboxylic acids is 1. The van der Waals surface area contributed by atoms with Crippen LogP contribution in [0.5, 0.6) is 0 Å². The highest BCUT2D eigenvalue weighted by Crippen LogP contribution is 2.39. The summed E-state index contributed by atoms with van der Waals surface area (Å²) in [5, 5.41) is 20.3. The minimum absolute atomic E-state index is 0.0205. The smallest absolute Gasteiger partial charge is 0.418 e. The van der Waals surface area contributed by atoms with E-state index >= 15 is 0 Å². The van der Waals surface area contributed by atoms with Crippen LogP contribution in [0.25, 0.3) is 5.69 Å². The van der Waals surface area contributed by atoms with Gasteiger partial charge in [0.1, 0.15) is 12.4 Å². The average Bonchev–Trinajstić information content (AvgIpc) is 3.32. The summed E-state index contributed by atoms with van der Waals surface area (Å²) < 4.78 is 59.4. The van der Waals surface area contributed by atoms with Crippen LogP contribution in [0.15, 0.2) is 66.1 Å². The van der Waals surface area contributed by atoms with Crippen LogP contribution in [0.3, 0.4) is 0 Å². The first kappa shape index (κ1) is 28.5. The molecule has 0 spiro atoms. The fourth-order valence-corrected chi connectivity index (χ4v) is 4.00. The summed E-state index contributed by atoms with van der Waals surface area (Å²) in [5.41, 5.74) is -1.10. The summed E-state index contributed by atoms with van der Waals surface area (Å²) >= 11 is 5.96. The number of hydrogen-bond donors (Lipinski definition) is 2. The van der Waals surface area contributed by atoms with E-state index in [2.05, 4.69) is 14.3 Å². The third-order valence-corrected chi connectivity index (χ3v) is 5.84. The van der Waals surface area contributed by atoms with Crippen molar-refractivity contribution in [2.24, 2.45) is 0 Å². The molecule has 0 saturated heterocycles. The maximum absolute atomic E-state index is 13.7. The van der Waals surface area contributed by atoms with Gasteiger partial charge in [-0.1, -0.05) is 51.2 Å². The third-order valence-electron chi connectivity index (χ3n) is 5.12. The van der Waals surface area contributed by atoms with E-state index in [0.717, 1.165) is 41.6 Å². The number of ether oxygens (including phenoxy) is 3. The Morgan fingerprint density at radius 2 is 1.89 bits per heavy atom. The predicted molar refractivity (Wildman–Crippen MR) is 131 cm³/mol. The number of nitrogens with zero attached hydrogens (tertiary/aromatic N) is 2. The van der Waals surface area contributed by atoms with E-state index < -0.39 is 41.2 Å². The van der Waals surface area contributed by atoms with Crippen molar-refractivity contribution in [1.82, 2.24) is 9.78 Å². The van der Waals surface area contributed by atoms with Gasteiger partial charge in [0.25, 0.3) is 0 Å². The zero-order chi connectivity index (χ0) is 27.3. The molecule has 3 aromatic rings. The summed E-state index contributed by atoms with van der Waals surface area (Å²) in [6.45, 7) is 1.70. The minimum atomic E-state index is -4.74. The molecule has 0 saturated carbocycles. The van der Waals surface area contributed by atoms with Crippen molar-refractivity contribution in [2.75, 3.05) is 13.7 Å². The first-order chi connectivity index (χ1) is 17.5.